The molecule has 2 aliphatic rings. The molecule has 2 aliphatic heterocycles. The molecule has 4 rings (SSSR count). The van der Waals surface area contributed by atoms with Gasteiger partial charge in [0.05, 0.1) is 23.4 Å². The van der Waals surface area contributed by atoms with Crippen LogP contribution in [-0.2, 0) is 22.5 Å². The Labute approximate surface area is 169 Å². The Bertz CT molecular complexity index is 810. The van der Waals surface area contributed by atoms with E-state index in [4.69, 9.17) is 9.47 Å². The zero-order chi connectivity index (χ0) is 19.3. The molecule has 1 aromatic heterocycles. The van der Waals surface area contributed by atoms with Crippen LogP contribution in [0.15, 0.2) is 29.8 Å². The Kier molecular flexibility index (Phi) is 6.24. The van der Waals surface area contributed by atoms with Crippen molar-refractivity contribution in [2.24, 2.45) is 0 Å². The molecule has 0 bridgehead atoms. The standard InChI is InChI=1S/C21H27N3O3S/c1-15-20(28-14-22-15)12-24-10-17-19(11-24)26-9-5-4-7-16-6-2-3-8-18(16)27-13-21(25)23-17/h2-3,6,8,14,17,19H,4-5,7,9-13H2,1H3,(H,23,25)/t17-,19-/m1/s1. The van der Waals surface area contributed by atoms with Gasteiger partial charge in [-0.05, 0) is 37.8 Å². The van der Waals surface area contributed by atoms with E-state index in [0.717, 1.165) is 55.9 Å². The van der Waals surface area contributed by atoms with Crippen molar-refractivity contribution in [3.8, 4) is 5.75 Å². The van der Waals surface area contributed by atoms with Gasteiger partial charge in [-0.25, -0.2) is 4.98 Å². The highest BCUT2D eigenvalue weighted by Gasteiger charge is 2.35. The molecular weight excluding hydrogens is 374 g/mol. The van der Waals surface area contributed by atoms with E-state index >= 15 is 0 Å². The van der Waals surface area contributed by atoms with Gasteiger partial charge in [-0.2, -0.15) is 0 Å². The van der Waals surface area contributed by atoms with Gasteiger partial charge in [-0.3, -0.25) is 9.69 Å². The maximum absolute atomic E-state index is 12.5. The molecule has 1 saturated heterocycles. The molecule has 0 saturated carbocycles. The van der Waals surface area contributed by atoms with Crippen molar-refractivity contribution in [2.75, 3.05) is 26.3 Å². The van der Waals surface area contributed by atoms with Crippen LogP contribution in [0.3, 0.4) is 0 Å². The van der Waals surface area contributed by atoms with E-state index < -0.39 is 0 Å². The summed E-state index contributed by atoms with van der Waals surface area (Å²) in [5.41, 5.74) is 4.13. The van der Waals surface area contributed by atoms with E-state index in [1.165, 1.54) is 4.88 Å². The lowest BCUT2D eigenvalue weighted by atomic mass is 10.1. The Morgan fingerprint density at radius 3 is 3.04 bits per heavy atom. The Balaban J connectivity index is 1.42. The summed E-state index contributed by atoms with van der Waals surface area (Å²) >= 11 is 1.69. The third-order valence-corrected chi connectivity index (χ3v) is 6.32. The molecule has 2 atom stereocenters. The maximum atomic E-state index is 12.5. The molecule has 150 valence electrons. The summed E-state index contributed by atoms with van der Waals surface area (Å²) in [6, 6.07) is 7.96. The van der Waals surface area contributed by atoms with Crippen molar-refractivity contribution in [1.82, 2.24) is 15.2 Å². The first-order valence-corrected chi connectivity index (χ1v) is 10.8. The number of benzene rings is 1. The fraction of sp³-hybridized carbons (Fsp3) is 0.524. The zero-order valence-electron chi connectivity index (χ0n) is 16.2. The summed E-state index contributed by atoms with van der Waals surface area (Å²) in [4.78, 5) is 20.5. The number of fused-ring (bicyclic) bond motifs is 2. The number of aromatic nitrogens is 1. The van der Waals surface area contributed by atoms with Crippen LogP contribution in [0.2, 0.25) is 0 Å². The number of nitrogens with zero attached hydrogens (tertiary/aromatic N) is 2. The zero-order valence-corrected chi connectivity index (χ0v) is 17.0. The van der Waals surface area contributed by atoms with Crippen LogP contribution >= 0.6 is 11.3 Å². The summed E-state index contributed by atoms with van der Waals surface area (Å²) < 4.78 is 12.0. The van der Waals surface area contributed by atoms with Crippen molar-refractivity contribution in [2.45, 2.75) is 44.9 Å². The van der Waals surface area contributed by atoms with Gasteiger partial charge in [-0.15, -0.1) is 11.3 Å². The molecule has 3 heterocycles. The average Bonchev–Trinajstić information content (AvgIpc) is 3.26. The minimum Gasteiger partial charge on any atom is -0.483 e. The summed E-state index contributed by atoms with van der Waals surface area (Å²) in [6.07, 6.45) is 2.99. The molecule has 1 N–H and O–H groups in total. The number of rotatable bonds is 2. The molecule has 2 aromatic rings. The molecule has 1 aromatic carbocycles. The second kappa shape index (κ2) is 9.03. The largest absolute Gasteiger partial charge is 0.483 e. The van der Waals surface area contributed by atoms with Gasteiger partial charge in [0, 0.05) is 31.1 Å². The molecule has 7 heteroatoms. The van der Waals surface area contributed by atoms with Crippen LogP contribution in [0.4, 0.5) is 0 Å². The number of amides is 1. The molecule has 1 amide bonds. The summed E-state index contributed by atoms with van der Waals surface area (Å²) in [5, 5.41) is 3.13. The fourth-order valence-electron chi connectivity index (χ4n) is 3.86. The average molecular weight is 402 g/mol. The predicted octanol–water partition coefficient (Wildman–Crippen LogP) is 2.55. The number of hydrogen-bond donors (Lipinski definition) is 1. The number of aryl methyl sites for hydroxylation is 2. The number of thiazole rings is 1. The lowest BCUT2D eigenvalue weighted by Crippen LogP contribution is -2.45. The van der Waals surface area contributed by atoms with Gasteiger partial charge in [0.1, 0.15) is 5.75 Å². The second-order valence-corrected chi connectivity index (χ2v) is 8.43. The number of carbonyl (C=O) groups is 1. The summed E-state index contributed by atoms with van der Waals surface area (Å²) in [6.45, 7) is 5.25. The summed E-state index contributed by atoms with van der Waals surface area (Å²) in [7, 11) is 0. The highest BCUT2D eigenvalue weighted by Crippen LogP contribution is 2.23. The van der Waals surface area contributed by atoms with Gasteiger partial charge in [-0.1, -0.05) is 18.2 Å². The second-order valence-electron chi connectivity index (χ2n) is 7.49. The van der Waals surface area contributed by atoms with E-state index in [9.17, 15) is 4.79 Å². The van der Waals surface area contributed by atoms with Crippen LogP contribution in [-0.4, -0.2) is 54.2 Å². The third-order valence-electron chi connectivity index (χ3n) is 5.40. The van der Waals surface area contributed by atoms with Gasteiger partial charge in [0.25, 0.3) is 5.91 Å². The molecule has 28 heavy (non-hydrogen) atoms. The number of likely N-dealkylation sites (tertiary alicyclic amines) is 1. The first-order chi connectivity index (χ1) is 13.7. The number of hydrogen-bond acceptors (Lipinski definition) is 6. The minimum atomic E-state index is -0.0940. The molecule has 0 spiro atoms. The third kappa shape index (κ3) is 4.71. The number of ether oxygens (including phenoxy) is 2. The van der Waals surface area contributed by atoms with Gasteiger partial charge in [0.2, 0.25) is 0 Å². The first-order valence-electron chi connectivity index (χ1n) is 9.92. The Hall–Kier alpha value is -1.96. The summed E-state index contributed by atoms with van der Waals surface area (Å²) in [5.74, 6) is 0.714. The molecule has 6 nitrogen and oxygen atoms in total. The Morgan fingerprint density at radius 2 is 2.18 bits per heavy atom. The quantitative estimate of drug-likeness (QED) is 0.838. The van der Waals surface area contributed by atoms with Crippen LogP contribution in [0, 0.1) is 6.92 Å². The van der Waals surface area contributed by atoms with Crippen LogP contribution in [0.25, 0.3) is 0 Å². The van der Waals surface area contributed by atoms with Crippen molar-refractivity contribution in [3.05, 3.63) is 45.9 Å². The van der Waals surface area contributed by atoms with Crippen LogP contribution in [0.5, 0.6) is 5.75 Å². The topological polar surface area (TPSA) is 63.7 Å². The number of carbonyl (C=O) groups excluding carboxylic acids is 1. The molecule has 1 fully saturated rings. The van der Waals surface area contributed by atoms with Crippen molar-refractivity contribution in [1.29, 1.82) is 0 Å². The van der Waals surface area contributed by atoms with Gasteiger partial charge < -0.3 is 14.8 Å². The SMILES string of the molecule is Cc1ncsc1CN1C[C@H]2NC(=O)COc3ccccc3CCCCO[C@@H]2C1. The minimum absolute atomic E-state index is 0.0136. The van der Waals surface area contributed by atoms with Crippen molar-refractivity contribution < 1.29 is 14.3 Å². The normalized spacial score (nSPS) is 24.1. The highest BCUT2D eigenvalue weighted by atomic mass is 32.1. The van der Waals surface area contributed by atoms with Crippen LogP contribution in [0.1, 0.15) is 29.0 Å². The fourth-order valence-corrected chi connectivity index (χ4v) is 4.68. The highest BCUT2D eigenvalue weighted by molar-refractivity contribution is 7.09. The van der Waals surface area contributed by atoms with E-state index in [1.54, 1.807) is 11.3 Å². The number of nitrogens with one attached hydrogen (secondary N) is 1. The lowest BCUT2D eigenvalue weighted by Gasteiger charge is -2.20. The molecule has 0 unspecified atom stereocenters. The van der Waals surface area contributed by atoms with E-state index in [2.05, 4.69) is 21.3 Å². The Morgan fingerprint density at radius 1 is 1.29 bits per heavy atom. The van der Waals surface area contributed by atoms with Crippen molar-refractivity contribution >= 4 is 17.2 Å². The van der Waals surface area contributed by atoms with E-state index in [1.807, 2.05) is 30.6 Å². The molecular formula is C21H27N3O3S. The van der Waals surface area contributed by atoms with E-state index in [0.29, 0.717) is 6.61 Å². The lowest BCUT2D eigenvalue weighted by molar-refractivity contribution is -0.124. The molecule has 0 aliphatic carbocycles. The smallest absolute Gasteiger partial charge is 0.258 e. The van der Waals surface area contributed by atoms with E-state index in [-0.39, 0.29) is 24.7 Å². The molecule has 0 radical (unpaired) electrons. The maximum Gasteiger partial charge on any atom is 0.258 e. The number of para-hydroxylation sites is 1. The van der Waals surface area contributed by atoms with Crippen molar-refractivity contribution in [3.63, 3.8) is 0 Å². The first kappa shape index (κ1) is 19.4. The van der Waals surface area contributed by atoms with Crippen LogP contribution < -0.4 is 10.1 Å². The van der Waals surface area contributed by atoms with Gasteiger partial charge >= 0.3 is 0 Å². The monoisotopic (exact) mass is 401 g/mol. The van der Waals surface area contributed by atoms with Gasteiger partial charge in [0.15, 0.2) is 6.61 Å². The predicted molar refractivity (Wildman–Crippen MR) is 109 cm³/mol.